The summed E-state index contributed by atoms with van der Waals surface area (Å²) in [4.78, 5) is 17.6. The number of amides is 1. The third-order valence-corrected chi connectivity index (χ3v) is 6.39. The van der Waals surface area contributed by atoms with E-state index in [0.717, 1.165) is 17.0 Å². The van der Waals surface area contributed by atoms with E-state index >= 15 is 0 Å². The lowest BCUT2D eigenvalue weighted by atomic mass is 9.86. The van der Waals surface area contributed by atoms with Gasteiger partial charge < -0.3 is 15.2 Å². The van der Waals surface area contributed by atoms with Crippen LogP contribution in [0, 0.1) is 11.6 Å². The minimum Gasteiger partial charge on any atom is -0.443 e. The van der Waals surface area contributed by atoms with Gasteiger partial charge in [-0.2, -0.15) is 5.10 Å². The number of hydrazine groups is 1. The average Bonchev–Trinajstić information content (AvgIpc) is 3.48. The topological polar surface area (TPSA) is 105 Å². The van der Waals surface area contributed by atoms with E-state index in [2.05, 4.69) is 20.8 Å². The highest BCUT2D eigenvalue weighted by atomic mass is 32.1. The Bertz CT molecular complexity index is 1170. The summed E-state index contributed by atoms with van der Waals surface area (Å²) in [6.07, 6.45) is 1.77. The van der Waals surface area contributed by atoms with E-state index in [0.29, 0.717) is 12.6 Å². The van der Waals surface area contributed by atoms with Crippen LogP contribution in [0.15, 0.2) is 48.4 Å². The summed E-state index contributed by atoms with van der Waals surface area (Å²) in [6, 6.07) is 5.55. The number of hydrogen-bond donors (Lipinski definition) is 3. The van der Waals surface area contributed by atoms with Gasteiger partial charge in [0.15, 0.2) is 5.11 Å². The number of thiophene rings is 1. The number of nitrogens with one attached hydrogen (secondary N) is 2. The Morgan fingerprint density at radius 1 is 1.33 bits per heavy atom. The second-order valence-electron chi connectivity index (χ2n) is 9.04. The van der Waals surface area contributed by atoms with E-state index in [4.69, 9.17) is 17.0 Å². The Kier molecular flexibility index (Phi) is 8.59. The monoisotopic (exact) mass is 538 g/mol. The zero-order chi connectivity index (χ0) is 26.5. The van der Waals surface area contributed by atoms with Gasteiger partial charge in [0, 0.05) is 16.5 Å². The molecule has 0 aliphatic heterocycles. The zero-order valence-electron chi connectivity index (χ0n) is 20.2. The molecule has 1 aromatic carbocycles. The van der Waals surface area contributed by atoms with Crippen molar-refractivity contribution >= 4 is 34.8 Å². The minimum atomic E-state index is -2.06. The molecule has 3 rings (SSSR count). The van der Waals surface area contributed by atoms with Crippen LogP contribution in [0.2, 0.25) is 0 Å². The van der Waals surface area contributed by atoms with Gasteiger partial charge in [0.2, 0.25) is 0 Å². The molecule has 0 radical (unpaired) electrons. The van der Waals surface area contributed by atoms with Crippen LogP contribution >= 0.6 is 23.6 Å². The van der Waals surface area contributed by atoms with Crippen LogP contribution in [-0.4, -0.2) is 47.7 Å². The molecule has 0 aliphatic carbocycles. The maximum absolute atomic E-state index is 15.0. The smallest absolute Gasteiger partial charge is 0.426 e. The molecule has 13 heteroatoms. The van der Waals surface area contributed by atoms with Crippen molar-refractivity contribution in [1.29, 1.82) is 0 Å². The van der Waals surface area contributed by atoms with Gasteiger partial charge in [0.1, 0.15) is 35.5 Å². The number of nitrogens with zero attached hydrogens (tertiary/aromatic N) is 4. The number of aliphatic hydroxyl groups is 1. The number of hydrogen-bond acceptors (Lipinski definition) is 7. The van der Waals surface area contributed by atoms with Gasteiger partial charge in [-0.25, -0.2) is 28.7 Å². The molecule has 1 amide bonds. The second-order valence-corrected chi connectivity index (χ2v) is 10.5. The van der Waals surface area contributed by atoms with Crippen molar-refractivity contribution < 1.29 is 23.4 Å². The van der Waals surface area contributed by atoms with Gasteiger partial charge >= 0.3 is 6.09 Å². The van der Waals surface area contributed by atoms with Gasteiger partial charge in [-0.15, -0.1) is 11.3 Å². The number of ether oxygens (including phenoxy) is 1. The Balaban J connectivity index is 1.99. The van der Waals surface area contributed by atoms with Crippen LogP contribution in [0.5, 0.6) is 0 Å². The van der Waals surface area contributed by atoms with Crippen LogP contribution in [0.3, 0.4) is 0 Å². The van der Waals surface area contributed by atoms with Crippen LogP contribution < -0.4 is 10.7 Å². The van der Waals surface area contributed by atoms with Crippen molar-refractivity contribution in [3.63, 3.8) is 0 Å². The number of rotatable bonds is 7. The van der Waals surface area contributed by atoms with Gasteiger partial charge in [-0.05, 0) is 57.4 Å². The van der Waals surface area contributed by atoms with E-state index in [-0.39, 0.29) is 17.2 Å². The molecule has 0 saturated carbocycles. The largest absolute Gasteiger partial charge is 0.443 e. The Morgan fingerprint density at radius 2 is 2.08 bits per heavy atom. The molecule has 2 aromatic heterocycles. The van der Waals surface area contributed by atoms with Gasteiger partial charge in [-0.3, -0.25) is 5.01 Å². The summed E-state index contributed by atoms with van der Waals surface area (Å²) in [6.45, 7) is 6.70. The van der Waals surface area contributed by atoms with E-state index in [1.807, 2.05) is 17.5 Å². The maximum Gasteiger partial charge on any atom is 0.426 e. The van der Waals surface area contributed by atoms with Crippen molar-refractivity contribution in [3.05, 3.63) is 70.4 Å². The van der Waals surface area contributed by atoms with Crippen LogP contribution in [0.4, 0.5) is 13.6 Å². The minimum absolute atomic E-state index is 0.0429. The number of benzene rings is 1. The maximum atomic E-state index is 15.0. The molecule has 0 spiro atoms. The summed E-state index contributed by atoms with van der Waals surface area (Å²) < 4.78 is 35.4. The zero-order valence-corrected chi connectivity index (χ0v) is 21.9. The molecule has 3 N–H and O–H groups in total. The molecular formula is C23H28F2N6O3S2. The third kappa shape index (κ3) is 6.95. The Hall–Kier alpha value is -3.16. The number of carbonyl (C=O) groups is 1. The molecule has 2 heterocycles. The molecule has 0 fully saturated rings. The number of thiocarbonyl (C=S) groups is 1. The highest BCUT2D eigenvalue weighted by Crippen LogP contribution is 2.32. The van der Waals surface area contributed by atoms with Gasteiger partial charge in [0.05, 0.1) is 19.1 Å². The fourth-order valence-electron chi connectivity index (χ4n) is 3.44. The Labute approximate surface area is 217 Å². The lowest BCUT2D eigenvalue weighted by Gasteiger charge is -2.42. The lowest BCUT2D eigenvalue weighted by Crippen LogP contribution is -2.62. The highest BCUT2D eigenvalue weighted by molar-refractivity contribution is 7.80. The predicted molar refractivity (Wildman–Crippen MR) is 135 cm³/mol. The lowest BCUT2D eigenvalue weighted by molar-refractivity contribution is -0.0583. The quantitative estimate of drug-likeness (QED) is 0.309. The normalized spacial score (nSPS) is 14.0. The van der Waals surface area contributed by atoms with Gasteiger partial charge in [-0.1, -0.05) is 12.1 Å². The highest BCUT2D eigenvalue weighted by Gasteiger charge is 2.44. The third-order valence-electron chi connectivity index (χ3n) is 5.17. The van der Waals surface area contributed by atoms with Crippen LogP contribution in [-0.2, 0) is 23.4 Å². The molecule has 194 valence electrons. The van der Waals surface area contributed by atoms with Crippen LogP contribution in [0.1, 0.15) is 38.1 Å². The summed E-state index contributed by atoms with van der Waals surface area (Å²) in [5, 5.41) is 22.1. The molecule has 2 atom stereocenters. The van der Waals surface area contributed by atoms with Crippen LogP contribution in [0.25, 0.3) is 0 Å². The number of halogens is 2. The SMILES string of the molecule is CC(N(NC(=O)OC(C)(C)C)C(=S)NCc1cccs1)C(O)(Cn1cncn1)c1ccc(F)cc1F. The first-order valence-corrected chi connectivity index (χ1v) is 12.3. The fraction of sp³-hybridized carbons (Fsp3) is 0.391. The van der Waals surface area contributed by atoms with E-state index in [9.17, 15) is 18.7 Å². The molecule has 0 aliphatic rings. The van der Waals surface area contributed by atoms with Gasteiger partial charge in [0.25, 0.3) is 0 Å². The first kappa shape index (κ1) is 27.4. The average molecular weight is 539 g/mol. The standard InChI is InChI=1S/C23H28F2N6O3S2/c1-15(23(33,12-30-14-26-13-28-30)18-8-7-16(24)10-19(18)25)31(29-21(32)34-22(2,3)4)20(35)27-11-17-6-5-9-36-17/h5-10,13-15,33H,11-12H2,1-4H3,(H,27,35)(H,29,32). The first-order chi connectivity index (χ1) is 16.9. The second kappa shape index (κ2) is 11.3. The molecule has 36 heavy (non-hydrogen) atoms. The van der Waals surface area contributed by atoms with E-state index in [1.165, 1.54) is 40.6 Å². The molecule has 0 saturated heterocycles. The molecule has 2 unspecified atom stereocenters. The molecule has 0 bridgehead atoms. The van der Waals surface area contributed by atoms with Crippen molar-refractivity contribution in [1.82, 2.24) is 30.5 Å². The van der Waals surface area contributed by atoms with Crippen molar-refractivity contribution in [3.8, 4) is 0 Å². The fourth-order valence-corrected chi connectivity index (χ4v) is 4.36. The van der Waals surface area contributed by atoms with Crippen molar-refractivity contribution in [2.24, 2.45) is 0 Å². The number of aromatic nitrogens is 3. The predicted octanol–water partition coefficient (Wildman–Crippen LogP) is 3.71. The molecular weight excluding hydrogens is 510 g/mol. The van der Waals surface area contributed by atoms with E-state index in [1.54, 1.807) is 20.8 Å². The summed E-state index contributed by atoms with van der Waals surface area (Å²) >= 11 is 7.06. The summed E-state index contributed by atoms with van der Waals surface area (Å²) in [5.74, 6) is -1.77. The van der Waals surface area contributed by atoms with Crippen molar-refractivity contribution in [2.45, 2.75) is 58.0 Å². The van der Waals surface area contributed by atoms with Crippen molar-refractivity contribution in [2.75, 3.05) is 0 Å². The molecule has 3 aromatic rings. The van der Waals surface area contributed by atoms with E-state index < -0.39 is 35.0 Å². The Morgan fingerprint density at radius 3 is 2.67 bits per heavy atom. The molecule has 9 nitrogen and oxygen atoms in total. The first-order valence-electron chi connectivity index (χ1n) is 11.0. The summed E-state index contributed by atoms with van der Waals surface area (Å²) in [7, 11) is 0. The summed E-state index contributed by atoms with van der Waals surface area (Å²) in [5.41, 5.74) is -0.534. The number of carbonyl (C=O) groups excluding carboxylic acids is 1.